The number of carbonyl (C=O) groups excluding carboxylic acids is 1. The second-order valence-electron chi connectivity index (χ2n) is 4.58. The van der Waals surface area contributed by atoms with E-state index in [1.54, 1.807) is 6.07 Å². The summed E-state index contributed by atoms with van der Waals surface area (Å²) in [6.07, 6.45) is 2.01. The number of nitrogens with zero attached hydrogens (tertiary/aromatic N) is 2. The monoisotopic (exact) mass is 339 g/mol. The number of methoxy groups -OCH3 is 2. The molecule has 1 aromatic carbocycles. The van der Waals surface area contributed by atoms with Gasteiger partial charge in [-0.15, -0.1) is 0 Å². The lowest BCUT2D eigenvalue weighted by Crippen LogP contribution is -2.14. The Bertz CT molecular complexity index is 712. The van der Waals surface area contributed by atoms with Gasteiger partial charge in [-0.1, -0.05) is 17.7 Å². The highest BCUT2D eigenvalue weighted by Gasteiger charge is 2.12. The average molecular weight is 340 g/mol. The van der Waals surface area contributed by atoms with E-state index in [-0.39, 0.29) is 29.2 Å². The summed E-state index contributed by atoms with van der Waals surface area (Å²) in [5.74, 6) is -0.535. The van der Waals surface area contributed by atoms with Crippen molar-refractivity contribution in [3.63, 3.8) is 0 Å². The summed E-state index contributed by atoms with van der Waals surface area (Å²) in [7, 11) is 2.86. The summed E-state index contributed by atoms with van der Waals surface area (Å²) in [6.45, 7) is 0. The third-order valence-corrected chi connectivity index (χ3v) is 3.30. The molecule has 23 heavy (non-hydrogen) atoms. The van der Waals surface area contributed by atoms with Gasteiger partial charge in [0.25, 0.3) is 0 Å². The van der Waals surface area contributed by atoms with Gasteiger partial charge in [-0.25, -0.2) is 9.37 Å². The third-order valence-electron chi connectivity index (χ3n) is 3.01. The normalized spacial score (nSPS) is 10.3. The van der Waals surface area contributed by atoms with E-state index in [1.165, 1.54) is 32.5 Å². The van der Waals surface area contributed by atoms with E-state index >= 15 is 0 Å². The Morgan fingerprint density at radius 2 is 2.13 bits per heavy atom. The molecule has 1 heterocycles. The summed E-state index contributed by atoms with van der Waals surface area (Å²) in [4.78, 5) is 19.9. The quantitative estimate of drug-likeness (QED) is 0.876. The minimum absolute atomic E-state index is 0.0353. The minimum Gasteiger partial charge on any atom is -0.479 e. The van der Waals surface area contributed by atoms with Crippen LogP contribution in [0.2, 0.25) is 5.02 Å². The molecule has 1 amide bonds. The van der Waals surface area contributed by atoms with Gasteiger partial charge in [0, 0.05) is 6.42 Å². The van der Waals surface area contributed by atoms with E-state index in [4.69, 9.17) is 21.1 Å². The van der Waals surface area contributed by atoms with Gasteiger partial charge in [0.1, 0.15) is 11.5 Å². The van der Waals surface area contributed by atoms with Crippen LogP contribution >= 0.6 is 11.6 Å². The van der Waals surface area contributed by atoms with E-state index < -0.39 is 5.82 Å². The van der Waals surface area contributed by atoms with E-state index in [9.17, 15) is 9.18 Å². The molecule has 0 aliphatic heterocycles. The Labute approximate surface area is 137 Å². The van der Waals surface area contributed by atoms with Crippen molar-refractivity contribution in [1.82, 2.24) is 9.97 Å². The SMILES string of the molecule is COc1ncc(NC(=O)CCc2ccc(F)c(Cl)c2)c(OC)n1. The van der Waals surface area contributed by atoms with Crippen LogP contribution in [0.5, 0.6) is 11.9 Å². The number of amides is 1. The fourth-order valence-corrected chi connectivity index (χ4v) is 2.06. The fourth-order valence-electron chi connectivity index (χ4n) is 1.86. The van der Waals surface area contributed by atoms with Crippen molar-refractivity contribution in [3.8, 4) is 11.9 Å². The van der Waals surface area contributed by atoms with Gasteiger partial charge in [0.2, 0.25) is 11.8 Å². The molecule has 0 radical (unpaired) electrons. The molecule has 0 unspecified atom stereocenters. The van der Waals surface area contributed by atoms with Crippen molar-refractivity contribution in [3.05, 3.63) is 40.8 Å². The number of ether oxygens (including phenoxy) is 2. The van der Waals surface area contributed by atoms with Crippen LogP contribution < -0.4 is 14.8 Å². The molecule has 0 spiro atoms. The zero-order valence-electron chi connectivity index (χ0n) is 12.6. The van der Waals surface area contributed by atoms with Gasteiger partial charge in [0.15, 0.2) is 0 Å². The van der Waals surface area contributed by atoms with E-state index in [0.29, 0.717) is 12.1 Å². The van der Waals surface area contributed by atoms with Crippen molar-refractivity contribution in [2.75, 3.05) is 19.5 Å². The number of hydrogen-bond donors (Lipinski definition) is 1. The number of hydrogen-bond acceptors (Lipinski definition) is 5. The summed E-state index contributed by atoms with van der Waals surface area (Å²) in [6, 6.07) is 4.50. The number of aryl methyl sites for hydroxylation is 1. The second kappa shape index (κ2) is 7.73. The zero-order valence-corrected chi connectivity index (χ0v) is 13.4. The lowest BCUT2D eigenvalue weighted by molar-refractivity contribution is -0.116. The van der Waals surface area contributed by atoms with Crippen molar-refractivity contribution in [2.45, 2.75) is 12.8 Å². The smallest absolute Gasteiger partial charge is 0.319 e. The summed E-state index contributed by atoms with van der Waals surface area (Å²) < 4.78 is 23.0. The molecule has 0 aliphatic carbocycles. The Kier molecular flexibility index (Phi) is 5.70. The average Bonchev–Trinajstić information content (AvgIpc) is 2.56. The maximum atomic E-state index is 13.1. The molecule has 0 saturated heterocycles. The Morgan fingerprint density at radius 3 is 2.78 bits per heavy atom. The van der Waals surface area contributed by atoms with Crippen LogP contribution in [0.15, 0.2) is 24.4 Å². The molecule has 0 fully saturated rings. The van der Waals surface area contributed by atoms with Crippen LogP contribution in [0, 0.1) is 5.82 Å². The summed E-state index contributed by atoms with van der Waals surface area (Å²) in [5.41, 5.74) is 1.11. The van der Waals surface area contributed by atoms with Crippen LogP contribution in [0.3, 0.4) is 0 Å². The molecule has 6 nitrogen and oxygen atoms in total. The van der Waals surface area contributed by atoms with Gasteiger partial charge in [0.05, 0.1) is 25.4 Å². The first-order valence-corrected chi connectivity index (χ1v) is 7.10. The molecular formula is C15H15ClFN3O3. The molecule has 2 aromatic rings. The number of halogens is 2. The third kappa shape index (κ3) is 4.53. The number of aromatic nitrogens is 2. The van der Waals surface area contributed by atoms with Crippen LogP contribution in [-0.2, 0) is 11.2 Å². The molecular weight excluding hydrogens is 325 g/mol. The van der Waals surface area contributed by atoms with Gasteiger partial charge in [-0.05, 0) is 24.1 Å². The molecule has 0 saturated carbocycles. The van der Waals surface area contributed by atoms with E-state index in [2.05, 4.69) is 15.3 Å². The van der Waals surface area contributed by atoms with E-state index in [1.807, 2.05) is 0 Å². The topological polar surface area (TPSA) is 73.3 Å². The van der Waals surface area contributed by atoms with E-state index in [0.717, 1.165) is 5.56 Å². The molecule has 122 valence electrons. The van der Waals surface area contributed by atoms with Gasteiger partial charge in [-0.2, -0.15) is 4.98 Å². The van der Waals surface area contributed by atoms with Gasteiger partial charge in [-0.3, -0.25) is 4.79 Å². The largest absolute Gasteiger partial charge is 0.479 e. The number of carbonyl (C=O) groups is 1. The fraction of sp³-hybridized carbons (Fsp3) is 0.267. The minimum atomic E-state index is -0.486. The highest BCUT2D eigenvalue weighted by atomic mass is 35.5. The van der Waals surface area contributed by atoms with Crippen LogP contribution in [0.25, 0.3) is 0 Å². The Balaban J connectivity index is 1.98. The highest BCUT2D eigenvalue weighted by molar-refractivity contribution is 6.30. The Morgan fingerprint density at radius 1 is 1.35 bits per heavy atom. The van der Waals surface area contributed by atoms with Crippen LogP contribution in [-0.4, -0.2) is 30.1 Å². The van der Waals surface area contributed by atoms with Gasteiger partial charge >= 0.3 is 6.01 Å². The van der Waals surface area contributed by atoms with Crippen molar-refractivity contribution in [1.29, 1.82) is 0 Å². The molecule has 0 atom stereocenters. The molecule has 1 aromatic heterocycles. The molecule has 1 N–H and O–H groups in total. The van der Waals surface area contributed by atoms with Gasteiger partial charge < -0.3 is 14.8 Å². The number of benzene rings is 1. The highest BCUT2D eigenvalue weighted by Crippen LogP contribution is 2.23. The first-order chi connectivity index (χ1) is 11.0. The van der Waals surface area contributed by atoms with Crippen molar-refractivity contribution in [2.24, 2.45) is 0 Å². The molecule has 2 rings (SSSR count). The Hall–Kier alpha value is -2.41. The molecule has 0 aliphatic rings. The predicted octanol–water partition coefficient (Wildman–Crippen LogP) is 2.86. The first-order valence-electron chi connectivity index (χ1n) is 6.72. The van der Waals surface area contributed by atoms with Crippen LogP contribution in [0.4, 0.5) is 10.1 Å². The maximum Gasteiger partial charge on any atom is 0.319 e. The molecule has 0 bridgehead atoms. The van der Waals surface area contributed by atoms with Crippen LogP contribution in [0.1, 0.15) is 12.0 Å². The number of nitrogens with one attached hydrogen (secondary N) is 1. The van der Waals surface area contributed by atoms with Crippen molar-refractivity contribution < 1.29 is 18.7 Å². The maximum absolute atomic E-state index is 13.1. The molecule has 8 heteroatoms. The summed E-state index contributed by atoms with van der Waals surface area (Å²) >= 11 is 5.71. The number of rotatable bonds is 6. The number of anilines is 1. The lowest BCUT2D eigenvalue weighted by atomic mass is 10.1. The lowest BCUT2D eigenvalue weighted by Gasteiger charge is -2.09. The van der Waals surface area contributed by atoms with Crippen molar-refractivity contribution >= 4 is 23.2 Å². The zero-order chi connectivity index (χ0) is 16.8. The second-order valence-corrected chi connectivity index (χ2v) is 4.98. The standard InChI is InChI=1S/C15H15ClFN3O3/c1-22-14-12(8-18-15(20-14)23-2)19-13(21)6-4-9-3-5-11(17)10(16)7-9/h3,5,7-8H,4,6H2,1-2H3,(H,19,21). The first kappa shape index (κ1) is 17.0. The predicted molar refractivity (Wildman–Crippen MR) is 83.5 cm³/mol. The summed E-state index contributed by atoms with van der Waals surface area (Å²) in [5, 5.41) is 2.69.